The van der Waals surface area contributed by atoms with E-state index in [0.29, 0.717) is 6.04 Å². The van der Waals surface area contributed by atoms with Gasteiger partial charge in [-0.15, -0.1) is 0 Å². The molecule has 2 nitrogen and oxygen atoms in total. The van der Waals surface area contributed by atoms with Gasteiger partial charge in [0.25, 0.3) is 0 Å². The van der Waals surface area contributed by atoms with Gasteiger partial charge in [0.2, 0.25) is 0 Å². The van der Waals surface area contributed by atoms with E-state index in [1.807, 2.05) is 0 Å². The van der Waals surface area contributed by atoms with Gasteiger partial charge in [-0.2, -0.15) is 0 Å². The molecule has 2 heteroatoms. The third kappa shape index (κ3) is 4.55. The van der Waals surface area contributed by atoms with Crippen LogP contribution in [0.3, 0.4) is 0 Å². The third-order valence-corrected chi connectivity index (χ3v) is 4.85. The van der Waals surface area contributed by atoms with Gasteiger partial charge in [-0.25, -0.2) is 0 Å². The van der Waals surface area contributed by atoms with Gasteiger partial charge in [0.15, 0.2) is 0 Å². The number of piperidine rings is 1. The van der Waals surface area contributed by atoms with E-state index in [-0.39, 0.29) is 11.5 Å². The van der Waals surface area contributed by atoms with Crippen molar-refractivity contribution in [1.29, 1.82) is 0 Å². The maximum atomic E-state index is 10.5. The molecule has 1 aliphatic heterocycles. The van der Waals surface area contributed by atoms with Crippen LogP contribution in [0.2, 0.25) is 0 Å². The number of aliphatic hydroxyl groups excluding tert-OH is 1. The van der Waals surface area contributed by atoms with Gasteiger partial charge >= 0.3 is 0 Å². The lowest BCUT2D eigenvalue weighted by Crippen LogP contribution is -2.38. The number of nitrogens with one attached hydrogen (secondary N) is 1. The van der Waals surface area contributed by atoms with Crippen LogP contribution in [0, 0.1) is 5.92 Å². The minimum Gasteiger partial charge on any atom is -0.388 e. The summed E-state index contributed by atoms with van der Waals surface area (Å²) in [6, 6.07) is 8.95. The zero-order valence-electron chi connectivity index (χ0n) is 14.0. The molecule has 0 aromatic heterocycles. The lowest BCUT2D eigenvalue weighted by atomic mass is 9.85. The average Bonchev–Trinajstić information content (AvgIpc) is 2.46. The highest BCUT2D eigenvalue weighted by molar-refractivity contribution is 5.28. The molecule has 0 aliphatic carbocycles. The van der Waals surface area contributed by atoms with Gasteiger partial charge in [-0.1, -0.05) is 58.4 Å². The smallest absolute Gasteiger partial charge is 0.0804 e. The Labute approximate surface area is 130 Å². The number of hydrogen-bond acceptors (Lipinski definition) is 2. The Hall–Kier alpha value is -0.860. The summed E-state index contributed by atoms with van der Waals surface area (Å²) >= 11 is 0. The summed E-state index contributed by atoms with van der Waals surface area (Å²) in [5, 5.41) is 14.0. The fourth-order valence-corrected chi connectivity index (χ4v) is 3.26. The van der Waals surface area contributed by atoms with E-state index in [1.165, 1.54) is 24.8 Å². The Morgan fingerprint density at radius 3 is 2.48 bits per heavy atom. The molecule has 1 fully saturated rings. The Balaban J connectivity index is 1.95. The summed E-state index contributed by atoms with van der Waals surface area (Å²) in [5.41, 5.74) is 2.53. The van der Waals surface area contributed by atoms with Crippen LogP contribution in [0.25, 0.3) is 0 Å². The van der Waals surface area contributed by atoms with E-state index in [9.17, 15) is 5.11 Å². The van der Waals surface area contributed by atoms with E-state index in [4.69, 9.17) is 0 Å². The lowest BCUT2D eigenvalue weighted by Gasteiger charge is -2.31. The molecule has 1 aromatic carbocycles. The normalized spacial score (nSPS) is 24.8. The molecule has 0 amide bonds. The molecular formula is C19H31NO. The third-order valence-electron chi connectivity index (χ3n) is 4.85. The van der Waals surface area contributed by atoms with Crippen LogP contribution in [0.15, 0.2) is 24.3 Å². The molecule has 118 valence electrons. The topological polar surface area (TPSA) is 32.3 Å². The highest BCUT2D eigenvalue weighted by atomic mass is 16.3. The van der Waals surface area contributed by atoms with Crippen molar-refractivity contribution < 1.29 is 5.11 Å². The van der Waals surface area contributed by atoms with E-state index >= 15 is 0 Å². The Morgan fingerprint density at radius 1 is 1.24 bits per heavy atom. The maximum absolute atomic E-state index is 10.5. The SMILES string of the molecule is CCC1CCNC(CC(O)c2ccc(C(C)(C)C)cc2)C1. The zero-order valence-corrected chi connectivity index (χ0v) is 14.0. The van der Waals surface area contributed by atoms with E-state index in [1.54, 1.807) is 0 Å². The first-order valence-electron chi connectivity index (χ1n) is 8.42. The fourth-order valence-electron chi connectivity index (χ4n) is 3.26. The second kappa shape index (κ2) is 6.93. The highest BCUT2D eigenvalue weighted by Gasteiger charge is 2.23. The summed E-state index contributed by atoms with van der Waals surface area (Å²) in [6.45, 7) is 10.0. The van der Waals surface area contributed by atoms with Crippen LogP contribution < -0.4 is 5.32 Å². The maximum Gasteiger partial charge on any atom is 0.0804 e. The number of benzene rings is 1. The largest absolute Gasteiger partial charge is 0.388 e. The van der Waals surface area contributed by atoms with E-state index in [2.05, 4.69) is 57.3 Å². The zero-order chi connectivity index (χ0) is 15.5. The lowest BCUT2D eigenvalue weighted by molar-refractivity contribution is 0.136. The molecular weight excluding hydrogens is 258 g/mol. The van der Waals surface area contributed by atoms with Crippen LogP contribution in [0.1, 0.15) is 70.6 Å². The molecule has 0 radical (unpaired) electrons. The molecule has 0 saturated carbocycles. The monoisotopic (exact) mass is 289 g/mol. The van der Waals surface area contributed by atoms with Crippen molar-refractivity contribution in [3.63, 3.8) is 0 Å². The molecule has 3 unspecified atom stereocenters. The van der Waals surface area contributed by atoms with Crippen molar-refractivity contribution in [2.24, 2.45) is 5.92 Å². The van der Waals surface area contributed by atoms with Crippen molar-refractivity contribution in [2.75, 3.05) is 6.54 Å². The first-order chi connectivity index (χ1) is 9.90. The van der Waals surface area contributed by atoms with Gasteiger partial charge in [0.1, 0.15) is 0 Å². The quantitative estimate of drug-likeness (QED) is 0.871. The van der Waals surface area contributed by atoms with Gasteiger partial charge < -0.3 is 10.4 Å². The van der Waals surface area contributed by atoms with Gasteiger partial charge in [-0.3, -0.25) is 0 Å². The molecule has 1 saturated heterocycles. The first kappa shape index (κ1) is 16.5. The molecule has 2 N–H and O–H groups in total. The number of aliphatic hydroxyl groups is 1. The van der Waals surface area contributed by atoms with Crippen molar-refractivity contribution in [1.82, 2.24) is 5.32 Å². The Morgan fingerprint density at radius 2 is 1.90 bits per heavy atom. The van der Waals surface area contributed by atoms with Crippen LogP contribution in [0.4, 0.5) is 0 Å². The van der Waals surface area contributed by atoms with Gasteiger partial charge in [0.05, 0.1) is 6.10 Å². The molecule has 2 rings (SSSR count). The predicted octanol–water partition coefficient (Wildman–Crippen LogP) is 4.19. The highest BCUT2D eigenvalue weighted by Crippen LogP contribution is 2.28. The average molecular weight is 289 g/mol. The van der Waals surface area contributed by atoms with Crippen LogP contribution in [-0.2, 0) is 5.41 Å². The Kier molecular flexibility index (Phi) is 5.45. The Bertz CT molecular complexity index is 432. The van der Waals surface area contributed by atoms with Crippen LogP contribution in [0.5, 0.6) is 0 Å². The summed E-state index contributed by atoms with van der Waals surface area (Å²) in [6.07, 6.45) is 4.21. The second-order valence-corrected chi connectivity index (χ2v) is 7.57. The van der Waals surface area contributed by atoms with E-state index in [0.717, 1.165) is 24.4 Å². The van der Waals surface area contributed by atoms with Gasteiger partial charge in [-0.05, 0) is 48.3 Å². The summed E-state index contributed by atoms with van der Waals surface area (Å²) in [7, 11) is 0. The summed E-state index contributed by atoms with van der Waals surface area (Å²) < 4.78 is 0. The molecule has 1 aromatic rings. The van der Waals surface area contributed by atoms with Crippen LogP contribution in [-0.4, -0.2) is 17.7 Å². The standard InChI is InChI=1S/C19H31NO/c1-5-14-10-11-20-17(12-14)13-18(21)15-6-8-16(9-7-15)19(2,3)4/h6-9,14,17-18,20-21H,5,10-13H2,1-4H3. The minimum atomic E-state index is -0.355. The molecule has 3 atom stereocenters. The van der Waals surface area contributed by atoms with Crippen LogP contribution >= 0.6 is 0 Å². The van der Waals surface area contributed by atoms with E-state index < -0.39 is 0 Å². The minimum absolute atomic E-state index is 0.169. The van der Waals surface area contributed by atoms with Gasteiger partial charge in [0, 0.05) is 6.04 Å². The first-order valence-corrected chi connectivity index (χ1v) is 8.42. The molecule has 1 heterocycles. The molecule has 0 bridgehead atoms. The molecule has 1 aliphatic rings. The predicted molar refractivity (Wildman–Crippen MR) is 89.5 cm³/mol. The van der Waals surface area contributed by atoms with Crippen molar-refractivity contribution >= 4 is 0 Å². The molecule has 0 spiro atoms. The fraction of sp³-hybridized carbons (Fsp3) is 0.684. The van der Waals surface area contributed by atoms with Crippen molar-refractivity contribution in [3.05, 3.63) is 35.4 Å². The van der Waals surface area contributed by atoms with Crippen molar-refractivity contribution in [2.45, 2.75) is 70.9 Å². The van der Waals surface area contributed by atoms with Crippen molar-refractivity contribution in [3.8, 4) is 0 Å². The second-order valence-electron chi connectivity index (χ2n) is 7.57. The summed E-state index contributed by atoms with van der Waals surface area (Å²) in [5.74, 6) is 0.826. The molecule has 21 heavy (non-hydrogen) atoms. The number of hydrogen-bond donors (Lipinski definition) is 2. The summed E-state index contributed by atoms with van der Waals surface area (Å²) in [4.78, 5) is 0. The number of rotatable bonds is 4.